The van der Waals surface area contributed by atoms with Crippen LogP contribution in [-0.2, 0) is 4.79 Å². The molecule has 0 aliphatic heterocycles. The van der Waals surface area contributed by atoms with Crippen molar-refractivity contribution in [1.29, 1.82) is 0 Å². The van der Waals surface area contributed by atoms with Crippen LogP contribution in [0.4, 0.5) is 0 Å². The SMILES string of the molecule is CC(C)Oc1ccc(C(O)CNC(=O)C2C3CCC(C3)C2N)cc1.Cl. The third-order valence-corrected chi connectivity index (χ3v) is 5.39. The molecule has 0 aromatic heterocycles. The number of halogens is 1. The van der Waals surface area contributed by atoms with Crippen molar-refractivity contribution in [2.45, 2.75) is 51.4 Å². The summed E-state index contributed by atoms with van der Waals surface area (Å²) in [7, 11) is 0. The van der Waals surface area contributed by atoms with E-state index in [1.54, 1.807) is 0 Å². The van der Waals surface area contributed by atoms with Gasteiger partial charge in [0, 0.05) is 12.6 Å². The normalized spacial score (nSPS) is 28.5. The summed E-state index contributed by atoms with van der Waals surface area (Å²) in [5, 5.41) is 13.2. The first-order valence-electron chi connectivity index (χ1n) is 8.93. The minimum atomic E-state index is -0.725. The van der Waals surface area contributed by atoms with Gasteiger partial charge in [-0.15, -0.1) is 12.4 Å². The van der Waals surface area contributed by atoms with Gasteiger partial charge >= 0.3 is 0 Å². The number of aliphatic hydroxyl groups excluding tert-OH is 1. The van der Waals surface area contributed by atoms with Crippen LogP contribution in [0.3, 0.4) is 0 Å². The Balaban J connectivity index is 0.00000225. The maximum Gasteiger partial charge on any atom is 0.225 e. The van der Waals surface area contributed by atoms with Crippen molar-refractivity contribution in [3.8, 4) is 5.75 Å². The molecule has 1 aromatic carbocycles. The van der Waals surface area contributed by atoms with E-state index in [-0.39, 0.29) is 42.9 Å². The Labute approximate surface area is 155 Å². The Morgan fingerprint density at radius 3 is 2.48 bits per heavy atom. The molecule has 5 unspecified atom stereocenters. The van der Waals surface area contributed by atoms with Crippen molar-refractivity contribution in [2.75, 3.05) is 6.54 Å². The van der Waals surface area contributed by atoms with E-state index in [2.05, 4.69) is 5.32 Å². The average Bonchev–Trinajstić information content (AvgIpc) is 3.13. The van der Waals surface area contributed by atoms with Gasteiger partial charge in [-0.25, -0.2) is 0 Å². The summed E-state index contributed by atoms with van der Waals surface area (Å²) in [5.41, 5.74) is 6.97. The molecule has 0 saturated heterocycles. The number of nitrogens with two attached hydrogens (primary N) is 1. The van der Waals surface area contributed by atoms with Gasteiger partial charge in [-0.2, -0.15) is 0 Å². The van der Waals surface area contributed by atoms with E-state index in [9.17, 15) is 9.90 Å². The summed E-state index contributed by atoms with van der Waals surface area (Å²) in [6.45, 7) is 4.15. The average molecular weight is 369 g/mol. The van der Waals surface area contributed by atoms with Gasteiger partial charge in [0.15, 0.2) is 0 Å². The molecule has 6 heteroatoms. The lowest BCUT2D eigenvalue weighted by molar-refractivity contribution is -0.127. The van der Waals surface area contributed by atoms with E-state index in [0.29, 0.717) is 11.8 Å². The largest absolute Gasteiger partial charge is 0.491 e. The number of nitrogens with one attached hydrogen (secondary N) is 1. The standard InChI is InChI=1S/C19H28N2O3.ClH/c1-11(2)24-15-7-5-12(6-8-15)16(22)10-21-19(23)17-13-3-4-14(9-13)18(17)20;/h5-8,11,13-14,16-18,22H,3-4,9-10,20H2,1-2H3,(H,21,23);1H. The fraction of sp³-hybridized carbons (Fsp3) is 0.632. The predicted octanol–water partition coefficient (Wildman–Crippen LogP) is 2.42. The van der Waals surface area contributed by atoms with E-state index < -0.39 is 6.10 Å². The first kappa shape index (κ1) is 20.0. The molecule has 2 saturated carbocycles. The summed E-state index contributed by atoms with van der Waals surface area (Å²) >= 11 is 0. The molecule has 25 heavy (non-hydrogen) atoms. The Morgan fingerprint density at radius 1 is 1.28 bits per heavy atom. The molecule has 0 heterocycles. The molecular weight excluding hydrogens is 340 g/mol. The van der Waals surface area contributed by atoms with Gasteiger partial charge in [0.2, 0.25) is 5.91 Å². The summed E-state index contributed by atoms with van der Waals surface area (Å²) in [6, 6.07) is 7.32. The molecule has 2 bridgehead atoms. The van der Waals surface area contributed by atoms with Crippen molar-refractivity contribution >= 4 is 18.3 Å². The van der Waals surface area contributed by atoms with Gasteiger partial charge in [-0.3, -0.25) is 4.79 Å². The molecule has 140 valence electrons. The zero-order chi connectivity index (χ0) is 17.3. The summed E-state index contributed by atoms with van der Waals surface area (Å²) in [5.74, 6) is 1.61. The quantitative estimate of drug-likeness (QED) is 0.719. The number of hydrogen-bond acceptors (Lipinski definition) is 4. The highest BCUT2D eigenvalue weighted by molar-refractivity contribution is 5.85. The first-order valence-corrected chi connectivity index (χ1v) is 8.93. The molecule has 4 N–H and O–H groups in total. The number of carbonyl (C=O) groups excluding carboxylic acids is 1. The van der Waals surface area contributed by atoms with Gasteiger partial charge in [-0.05, 0) is 62.6 Å². The van der Waals surface area contributed by atoms with Crippen molar-refractivity contribution in [3.63, 3.8) is 0 Å². The number of ether oxygens (including phenoxy) is 1. The summed E-state index contributed by atoms with van der Waals surface area (Å²) < 4.78 is 5.59. The second-order valence-electron chi connectivity index (χ2n) is 7.43. The molecule has 5 atom stereocenters. The molecule has 5 nitrogen and oxygen atoms in total. The van der Waals surface area contributed by atoms with Crippen LogP contribution in [0.15, 0.2) is 24.3 Å². The van der Waals surface area contributed by atoms with E-state index in [0.717, 1.165) is 30.6 Å². The molecule has 3 rings (SSSR count). The smallest absolute Gasteiger partial charge is 0.225 e. The van der Waals surface area contributed by atoms with Gasteiger partial charge in [0.05, 0.1) is 18.1 Å². The maximum absolute atomic E-state index is 12.4. The molecule has 0 radical (unpaired) electrons. The fourth-order valence-electron chi connectivity index (χ4n) is 4.20. The number of rotatable bonds is 6. The zero-order valence-electron chi connectivity index (χ0n) is 14.9. The number of hydrogen-bond donors (Lipinski definition) is 3. The zero-order valence-corrected chi connectivity index (χ0v) is 15.7. The maximum atomic E-state index is 12.4. The Morgan fingerprint density at radius 2 is 1.92 bits per heavy atom. The Bertz CT molecular complexity index is 577. The van der Waals surface area contributed by atoms with Crippen LogP contribution in [0.5, 0.6) is 5.75 Å². The topological polar surface area (TPSA) is 84.6 Å². The number of benzene rings is 1. The lowest BCUT2D eigenvalue weighted by Gasteiger charge is -2.27. The highest BCUT2D eigenvalue weighted by Gasteiger charge is 2.48. The minimum Gasteiger partial charge on any atom is -0.491 e. The summed E-state index contributed by atoms with van der Waals surface area (Å²) in [6.07, 6.45) is 2.74. The minimum absolute atomic E-state index is 0. The number of fused-ring (bicyclic) bond motifs is 2. The molecule has 2 aliphatic carbocycles. The van der Waals surface area contributed by atoms with E-state index >= 15 is 0 Å². The first-order chi connectivity index (χ1) is 11.5. The highest BCUT2D eigenvalue weighted by atomic mass is 35.5. The molecule has 2 aliphatic rings. The van der Waals surface area contributed by atoms with Crippen LogP contribution < -0.4 is 15.8 Å². The Hall–Kier alpha value is -1.30. The van der Waals surface area contributed by atoms with Crippen LogP contribution in [0.2, 0.25) is 0 Å². The van der Waals surface area contributed by atoms with E-state index in [1.807, 2.05) is 38.1 Å². The third kappa shape index (κ3) is 4.46. The van der Waals surface area contributed by atoms with Gasteiger partial charge in [0.25, 0.3) is 0 Å². The van der Waals surface area contributed by atoms with Crippen molar-refractivity contribution in [3.05, 3.63) is 29.8 Å². The molecule has 1 amide bonds. The van der Waals surface area contributed by atoms with E-state index in [4.69, 9.17) is 10.5 Å². The molecule has 2 fully saturated rings. The van der Waals surface area contributed by atoms with Crippen LogP contribution in [0.25, 0.3) is 0 Å². The lowest BCUT2D eigenvalue weighted by atomic mass is 9.84. The van der Waals surface area contributed by atoms with Gasteiger partial charge in [-0.1, -0.05) is 12.1 Å². The van der Waals surface area contributed by atoms with Crippen molar-refractivity contribution in [2.24, 2.45) is 23.5 Å². The molecule has 1 aromatic rings. The monoisotopic (exact) mass is 368 g/mol. The Kier molecular flexibility index (Phi) is 6.72. The lowest BCUT2D eigenvalue weighted by Crippen LogP contribution is -2.46. The van der Waals surface area contributed by atoms with Crippen LogP contribution in [0, 0.1) is 17.8 Å². The fourth-order valence-corrected chi connectivity index (χ4v) is 4.20. The molecular formula is C19H29ClN2O3. The van der Waals surface area contributed by atoms with Crippen LogP contribution in [0.1, 0.15) is 44.8 Å². The van der Waals surface area contributed by atoms with Crippen molar-refractivity contribution < 1.29 is 14.6 Å². The molecule has 0 spiro atoms. The third-order valence-electron chi connectivity index (χ3n) is 5.39. The number of carbonyl (C=O) groups is 1. The number of amides is 1. The van der Waals surface area contributed by atoms with Crippen LogP contribution in [-0.4, -0.2) is 29.7 Å². The second-order valence-corrected chi connectivity index (χ2v) is 7.43. The van der Waals surface area contributed by atoms with E-state index in [1.165, 1.54) is 0 Å². The summed E-state index contributed by atoms with van der Waals surface area (Å²) in [4.78, 5) is 12.4. The highest BCUT2D eigenvalue weighted by Crippen LogP contribution is 2.47. The van der Waals surface area contributed by atoms with Crippen LogP contribution >= 0.6 is 12.4 Å². The van der Waals surface area contributed by atoms with Crippen molar-refractivity contribution in [1.82, 2.24) is 5.32 Å². The second kappa shape index (κ2) is 8.39. The van der Waals surface area contributed by atoms with Gasteiger partial charge in [0.1, 0.15) is 5.75 Å². The predicted molar refractivity (Wildman–Crippen MR) is 99.7 cm³/mol. The number of aliphatic hydroxyl groups is 1. The van der Waals surface area contributed by atoms with Gasteiger partial charge < -0.3 is 20.9 Å².